The molecule has 0 unspecified atom stereocenters. The highest BCUT2D eigenvalue weighted by atomic mass is 32.1. The largest absolute Gasteiger partial charge is 0.493 e. The summed E-state index contributed by atoms with van der Waals surface area (Å²) in [6, 6.07) is 22.2. The van der Waals surface area contributed by atoms with Crippen LogP contribution in [0.5, 0.6) is 5.88 Å². The van der Waals surface area contributed by atoms with Gasteiger partial charge in [-0.05, 0) is 67.4 Å². The first-order valence-electron chi connectivity index (χ1n) is 10.6. The van der Waals surface area contributed by atoms with E-state index in [1.807, 2.05) is 41.0 Å². The minimum absolute atomic E-state index is 0.0750. The summed E-state index contributed by atoms with van der Waals surface area (Å²) in [5.74, 6) is 0.0750. The maximum Gasteiger partial charge on any atom is 0.221 e. The van der Waals surface area contributed by atoms with Crippen molar-refractivity contribution in [3.63, 3.8) is 0 Å². The molecule has 1 aromatic heterocycles. The molecular weight excluding hydrogens is 416 g/mol. The van der Waals surface area contributed by atoms with Gasteiger partial charge in [0, 0.05) is 11.1 Å². The Labute approximate surface area is 193 Å². The van der Waals surface area contributed by atoms with Gasteiger partial charge in [0.05, 0.1) is 12.1 Å². The Bertz CT molecular complexity index is 1310. The van der Waals surface area contributed by atoms with Crippen molar-refractivity contribution in [2.75, 3.05) is 5.32 Å². The van der Waals surface area contributed by atoms with Crippen molar-refractivity contribution in [2.45, 2.75) is 33.7 Å². The number of azo groups is 1. The minimum Gasteiger partial charge on any atom is -0.493 e. The number of aromatic nitrogens is 1. The second-order valence-corrected chi connectivity index (χ2v) is 8.27. The molecule has 0 atom stereocenters. The number of aromatic hydroxyl groups is 1. The van der Waals surface area contributed by atoms with E-state index < -0.39 is 0 Å². The zero-order valence-electron chi connectivity index (χ0n) is 18.5. The van der Waals surface area contributed by atoms with Gasteiger partial charge in [-0.1, -0.05) is 61.0 Å². The SMILES string of the molecule is CCc1ccc(NC(=S)N=Nc2c(O)n(Cc3cc(C)ccc3C)c3ccccc23)cc1. The average molecular weight is 443 g/mol. The van der Waals surface area contributed by atoms with Crippen LogP contribution in [0.1, 0.15) is 29.2 Å². The standard InChI is InChI=1S/C26H26N4OS/c1-4-19-11-13-21(14-12-19)27-26(32)29-28-24-22-7-5-6-8-23(22)30(25(24)31)16-20-15-17(2)9-10-18(20)3/h5-15,31H,4,16H2,1-3H3,(H,27,32). The molecule has 162 valence electrons. The molecule has 1 heterocycles. The zero-order valence-corrected chi connectivity index (χ0v) is 19.3. The van der Waals surface area contributed by atoms with E-state index in [-0.39, 0.29) is 11.0 Å². The third-order valence-electron chi connectivity index (χ3n) is 5.60. The summed E-state index contributed by atoms with van der Waals surface area (Å²) in [4.78, 5) is 0. The summed E-state index contributed by atoms with van der Waals surface area (Å²) in [6.45, 7) is 6.81. The van der Waals surface area contributed by atoms with Gasteiger partial charge in [-0.25, -0.2) is 0 Å². The van der Waals surface area contributed by atoms with E-state index >= 15 is 0 Å². The number of aryl methyl sites for hydroxylation is 3. The number of benzene rings is 3. The highest BCUT2D eigenvalue weighted by Gasteiger charge is 2.17. The lowest BCUT2D eigenvalue weighted by Crippen LogP contribution is -2.04. The molecule has 0 aliphatic heterocycles. The van der Waals surface area contributed by atoms with Crippen LogP contribution in [0.15, 0.2) is 77.0 Å². The fourth-order valence-corrected chi connectivity index (χ4v) is 3.90. The molecule has 0 saturated carbocycles. The Kier molecular flexibility index (Phi) is 6.32. The number of hydrogen-bond donors (Lipinski definition) is 2. The van der Waals surface area contributed by atoms with Crippen LogP contribution in [-0.2, 0) is 13.0 Å². The van der Waals surface area contributed by atoms with Gasteiger partial charge in [0.15, 0.2) is 5.69 Å². The Morgan fingerprint density at radius 3 is 2.53 bits per heavy atom. The first-order chi connectivity index (χ1) is 15.5. The fourth-order valence-electron chi connectivity index (χ4n) is 3.74. The molecule has 0 bridgehead atoms. The highest BCUT2D eigenvalue weighted by molar-refractivity contribution is 7.80. The topological polar surface area (TPSA) is 61.9 Å². The predicted molar refractivity (Wildman–Crippen MR) is 135 cm³/mol. The molecule has 0 radical (unpaired) electrons. The van der Waals surface area contributed by atoms with Gasteiger partial charge in [-0.3, -0.25) is 0 Å². The van der Waals surface area contributed by atoms with Crippen molar-refractivity contribution in [3.05, 3.63) is 89.0 Å². The zero-order chi connectivity index (χ0) is 22.7. The van der Waals surface area contributed by atoms with E-state index in [4.69, 9.17) is 12.2 Å². The molecule has 0 saturated heterocycles. The van der Waals surface area contributed by atoms with E-state index in [1.165, 1.54) is 16.7 Å². The first-order valence-corrected chi connectivity index (χ1v) is 11.0. The van der Waals surface area contributed by atoms with Crippen molar-refractivity contribution in [1.29, 1.82) is 0 Å². The van der Waals surface area contributed by atoms with Crippen LogP contribution >= 0.6 is 12.2 Å². The van der Waals surface area contributed by atoms with E-state index in [9.17, 15) is 5.11 Å². The van der Waals surface area contributed by atoms with Crippen molar-refractivity contribution in [2.24, 2.45) is 10.2 Å². The molecule has 0 aliphatic rings. The number of nitrogens with one attached hydrogen (secondary N) is 1. The molecular formula is C26H26N4OS. The van der Waals surface area contributed by atoms with Gasteiger partial charge in [-0.2, -0.15) is 0 Å². The second-order valence-electron chi connectivity index (χ2n) is 7.89. The number of fused-ring (bicyclic) bond motifs is 1. The second kappa shape index (κ2) is 9.32. The third-order valence-corrected chi connectivity index (χ3v) is 5.79. The summed E-state index contributed by atoms with van der Waals surface area (Å²) < 4.78 is 1.87. The Morgan fingerprint density at radius 1 is 1.03 bits per heavy atom. The predicted octanol–water partition coefficient (Wildman–Crippen LogP) is 7.06. The lowest BCUT2D eigenvalue weighted by molar-refractivity contribution is 0.429. The molecule has 0 aliphatic carbocycles. The van der Waals surface area contributed by atoms with Crippen LogP contribution in [0.3, 0.4) is 0 Å². The molecule has 0 spiro atoms. The van der Waals surface area contributed by atoms with Crippen LogP contribution in [0.25, 0.3) is 10.9 Å². The van der Waals surface area contributed by atoms with E-state index in [1.54, 1.807) is 0 Å². The Balaban J connectivity index is 1.63. The molecule has 2 N–H and O–H groups in total. The summed E-state index contributed by atoms with van der Waals surface area (Å²) >= 11 is 5.35. The molecule has 32 heavy (non-hydrogen) atoms. The van der Waals surface area contributed by atoms with Gasteiger partial charge in [0.25, 0.3) is 0 Å². The van der Waals surface area contributed by atoms with Crippen LogP contribution < -0.4 is 5.32 Å². The van der Waals surface area contributed by atoms with Gasteiger partial charge >= 0.3 is 0 Å². The quantitative estimate of drug-likeness (QED) is 0.257. The molecule has 6 heteroatoms. The third kappa shape index (κ3) is 4.55. The van der Waals surface area contributed by atoms with Crippen LogP contribution in [0.2, 0.25) is 0 Å². The van der Waals surface area contributed by atoms with Crippen molar-refractivity contribution in [3.8, 4) is 5.88 Å². The number of thiocarbonyl (C=S) groups is 1. The fraction of sp³-hybridized carbons (Fsp3) is 0.192. The van der Waals surface area contributed by atoms with Gasteiger partial charge in [-0.15, -0.1) is 10.2 Å². The first kappa shape index (κ1) is 21.7. The maximum absolute atomic E-state index is 11.0. The summed E-state index contributed by atoms with van der Waals surface area (Å²) in [6.07, 6.45) is 0.982. The molecule has 3 aromatic carbocycles. The van der Waals surface area contributed by atoms with Crippen molar-refractivity contribution in [1.82, 2.24) is 4.57 Å². The molecule has 4 aromatic rings. The Morgan fingerprint density at radius 2 is 1.78 bits per heavy atom. The van der Waals surface area contributed by atoms with Crippen LogP contribution in [0, 0.1) is 13.8 Å². The van der Waals surface area contributed by atoms with Gasteiger partial charge < -0.3 is 15.0 Å². The summed E-state index contributed by atoms with van der Waals surface area (Å²) in [5, 5.41) is 23.7. The lowest BCUT2D eigenvalue weighted by Gasteiger charge is -2.11. The molecule has 0 fully saturated rings. The molecule has 0 amide bonds. The van der Waals surface area contributed by atoms with Crippen LogP contribution in [-0.4, -0.2) is 14.8 Å². The van der Waals surface area contributed by atoms with E-state index in [0.29, 0.717) is 12.2 Å². The normalized spacial score (nSPS) is 11.3. The summed E-state index contributed by atoms with van der Waals surface area (Å²) in [7, 11) is 0. The van der Waals surface area contributed by atoms with Crippen LogP contribution in [0.4, 0.5) is 11.4 Å². The molecule has 5 nitrogen and oxygen atoms in total. The minimum atomic E-state index is 0.0750. The average Bonchev–Trinajstić information content (AvgIpc) is 3.06. The van der Waals surface area contributed by atoms with Gasteiger partial charge in [0.1, 0.15) is 0 Å². The van der Waals surface area contributed by atoms with E-state index in [0.717, 1.165) is 28.6 Å². The highest BCUT2D eigenvalue weighted by Crippen LogP contribution is 2.39. The smallest absolute Gasteiger partial charge is 0.221 e. The van der Waals surface area contributed by atoms with E-state index in [2.05, 4.69) is 66.6 Å². The number of hydrogen-bond acceptors (Lipinski definition) is 3. The number of rotatable bonds is 5. The van der Waals surface area contributed by atoms with Gasteiger partial charge in [0.2, 0.25) is 11.0 Å². The maximum atomic E-state index is 11.0. The number of anilines is 1. The number of para-hydroxylation sites is 1. The van der Waals surface area contributed by atoms with Crippen molar-refractivity contribution < 1.29 is 5.11 Å². The molecule has 4 rings (SSSR count). The van der Waals surface area contributed by atoms with Crippen molar-refractivity contribution >= 4 is 39.6 Å². The Hall–Kier alpha value is -3.51. The summed E-state index contributed by atoms with van der Waals surface area (Å²) in [5.41, 5.74) is 6.93. The lowest BCUT2D eigenvalue weighted by atomic mass is 10.1. The monoisotopic (exact) mass is 442 g/mol. The number of nitrogens with zero attached hydrogens (tertiary/aromatic N) is 3.